The van der Waals surface area contributed by atoms with Crippen LogP contribution in [0.25, 0.3) is 0 Å². The summed E-state index contributed by atoms with van der Waals surface area (Å²) < 4.78 is 11.2. The van der Waals surface area contributed by atoms with Crippen LogP contribution < -0.4 is 4.74 Å². The van der Waals surface area contributed by atoms with Gasteiger partial charge in [-0.2, -0.15) is 0 Å². The lowest BCUT2D eigenvalue weighted by Gasteiger charge is -2.46. The van der Waals surface area contributed by atoms with Gasteiger partial charge in [0, 0.05) is 30.7 Å². The maximum absolute atomic E-state index is 12.3. The molecule has 0 radical (unpaired) electrons. The van der Waals surface area contributed by atoms with Gasteiger partial charge in [0.25, 0.3) is 12.2 Å². The Balaban J connectivity index is 2.15. The van der Waals surface area contributed by atoms with E-state index in [0.717, 1.165) is 0 Å². The Kier molecular flexibility index (Phi) is 3.90. The summed E-state index contributed by atoms with van der Waals surface area (Å²) in [5.74, 6) is 0.399. The van der Waals surface area contributed by atoms with Crippen molar-refractivity contribution in [1.29, 1.82) is 0 Å². The first-order chi connectivity index (χ1) is 11.3. The minimum Gasteiger partial charge on any atom is -0.484 e. The second-order valence-electron chi connectivity index (χ2n) is 6.47. The molecule has 0 aromatic heterocycles. The van der Waals surface area contributed by atoms with Crippen LogP contribution in [-0.4, -0.2) is 40.5 Å². The molecule has 24 heavy (non-hydrogen) atoms. The maximum Gasteiger partial charge on any atom is 0.293 e. The van der Waals surface area contributed by atoms with E-state index in [1.807, 2.05) is 0 Å². The predicted octanol–water partition coefficient (Wildman–Crippen LogP) is 1.97. The van der Waals surface area contributed by atoms with E-state index in [1.165, 1.54) is 18.2 Å². The molecule has 1 fully saturated rings. The van der Waals surface area contributed by atoms with E-state index in [9.17, 15) is 19.7 Å². The fraction of sp³-hybridized carbons (Fsp3) is 0.500. The number of rotatable bonds is 4. The smallest absolute Gasteiger partial charge is 0.293 e. The van der Waals surface area contributed by atoms with Gasteiger partial charge in [-0.25, -0.2) is 0 Å². The van der Waals surface area contributed by atoms with Crippen molar-refractivity contribution >= 4 is 18.1 Å². The van der Waals surface area contributed by atoms with Crippen molar-refractivity contribution in [2.24, 2.45) is 0 Å². The van der Waals surface area contributed by atoms with Crippen LogP contribution in [-0.2, 0) is 14.3 Å². The summed E-state index contributed by atoms with van der Waals surface area (Å²) in [6, 6.07) is 3.67. The number of fused-ring (bicyclic) bond motifs is 1. The third-order valence-electron chi connectivity index (χ3n) is 4.52. The summed E-state index contributed by atoms with van der Waals surface area (Å²) in [4.78, 5) is 35.5. The summed E-state index contributed by atoms with van der Waals surface area (Å²) in [5, 5.41) is 11.1. The van der Waals surface area contributed by atoms with Gasteiger partial charge in [0.15, 0.2) is 6.10 Å². The molecule has 0 aliphatic carbocycles. The predicted molar refractivity (Wildman–Crippen MR) is 82.4 cm³/mol. The van der Waals surface area contributed by atoms with E-state index in [0.29, 0.717) is 37.2 Å². The van der Waals surface area contributed by atoms with Crippen LogP contribution in [0.4, 0.5) is 5.69 Å². The lowest BCUT2D eigenvalue weighted by atomic mass is 9.85. The highest BCUT2D eigenvalue weighted by Crippen LogP contribution is 2.46. The number of hydrogen-bond acceptors (Lipinski definition) is 6. The molecule has 0 bridgehead atoms. The number of non-ortho nitro benzene ring substituents is 1. The number of ether oxygens (including phenoxy) is 2. The van der Waals surface area contributed by atoms with Crippen LogP contribution >= 0.6 is 0 Å². The molecular formula is C16H18N2O6. The Labute approximate surface area is 138 Å². The minimum atomic E-state index is -0.877. The molecule has 0 N–H and O–H groups in total. The number of carbonyl (C=O) groups is 2. The molecule has 2 aliphatic rings. The number of amides is 1. The van der Waals surface area contributed by atoms with Gasteiger partial charge in [0.1, 0.15) is 17.4 Å². The summed E-state index contributed by atoms with van der Waals surface area (Å²) in [7, 11) is 0. The fourth-order valence-electron chi connectivity index (χ4n) is 3.45. The molecule has 3 rings (SSSR count). The highest BCUT2D eigenvalue weighted by atomic mass is 16.6. The van der Waals surface area contributed by atoms with E-state index < -0.39 is 22.7 Å². The third kappa shape index (κ3) is 2.57. The summed E-state index contributed by atoms with van der Waals surface area (Å²) in [6.07, 6.45) is 0.358. The van der Waals surface area contributed by atoms with Crippen LogP contribution in [0.2, 0.25) is 0 Å². The zero-order valence-corrected chi connectivity index (χ0v) is 13.4. The van der Waals surface area contributed by atoms with Gasteiger partial charge in [0.2, 0.25) is 5.91 Å². The quantitative estimate of drug-likeness (QED) is 0.474. The van der Waals surface area contributed by atoms with Crippen LogP contribution in [0, 0.1) is 10.1 Å². The van der Waals surface area contributed by atoms with Crippen LogP contribution in [0.3, 0.4) is 0 Å². The number of nitro groups is 1. The van der Waals surface area contributed by atoms with E-state index in [-0.39, 0.29) is 11.6 Å². The molecule has 0 spiro atoms. The van der Waals surface area contributed by atoms with Crippen molar-refractivity contribution in [2.45, 2.75) is 44.4 Å². The van der Waals surface area contributed by atoms with E-state index in [2.05, 4.69) is 0 Å². The van der Waals surface area contributed by atoms with Crippen molar-refractivity contribution in [3.05, 3.63) is 33.9 Å². The molecular weight excluding hydrogens is 316 g/mol. The van der Waals surface area contributed by atoms with Crippen molar-refractivity contribution in [1.82, 2.24) is 4.90 Å². The van der Waals surface area contributed by atoms with Gasteiger partial charge < -0.3 is 14.4 Å². The van der Waals surface area contributed by atoms with Gasteiger partial charge in [-0.3, -0.25) is 19.7 Å². The Hall–Kier alpha value is -2.64. The topological polar surface area (TPSA) is 99.0 Å². The lowest BCUT2D eigenvalue weighted by Crippen LogP contribution is -2.55. The van der Waals surface area contributed by atoms with Crippen LogP contribution in [0.15, 0.2) is 18.2 Å². The molecule has 8 nitrogen and oxygen atoms in total. The van der Waals surface area contributed by atoms with Gasteiger partial charge in [-0.1, -0.05) is 0 Å². The Bertz CT molecular complexity index is 702. The van der Waals surface area contributed by atoms with Crippen LogP contribution in [0.1, 0.15) is 38.3 Å². The minimum absolute atomic E-state index is 0.0605. The maximum atomic E-state index is 12.3. The average molecular weight is 334 g/mol. The molecule has 1 aromatic rings. The number of nitrogens with zero attached hydrogens (tertiary/aromatic N) is 2. The average Bonchev–Trinajstić information content (AvgIpc) is 2.93. The molecule has 8 heteroatoms. The molecule has 1 aromatic carbocycles. The van der Waals surface area contributed by atoms with Crippen molar-refractivity contribution in [2.75, 3.05) is 6.54 Å². The zero-order valence-electron chi connectivity index (χ0n) is 13.4. The SMILES string of the molecule is CC1(C)Oc2ccc([N+](=O)[O-])cc2C(N2CCCC2=O)C1OC=O. The van der Waals surface area contributed by atoms with Gasteiger partial charge >= 0.3 is 0 Å². The Morgan fingerprint density at radius 1 is 1.46 bits per heavy atom. The molecule has 2 heterocycles. The van der Waals surface area contributed by atoms with E-state index >= 15 is 0 Å². The molecule has 1 saturated heterocycles. The summed E-state index contributed by atoms with van der Waals surface area (Å²) in [5.41, 5.74) is -0.485. The highest BCUT2D eigenvalue weighted by Gasteiger charge is 2.50. The molecule has 128 valence electrons. The first-order valence-electron chi connectivity index (χ1n) is 7.71. The largest absolute Gasteiger partial charge is 0.484 e. The molecule has 1 amide bonds. The van der Waals surface area contributed by atoms with Crippen LogP contribution in [0.5, 0.6) is 5.75 Å². The number of hydrogen-bond donors (Lipinski definition) is 0. The first kappa shape index (κ1) is 16.2. The zero-order chi connectivity index (χ0) is 17.5. The van der Waals surface area contributed by atoms with Gasteiger partial charge in [-0.15, -0.1) is 0 Å². The molecule has 0 saturated carbocycles. The van der Waals surface area contributed by atoms with E-state index in [4.69, 9.17) is 9.47 Å². The Morgan fingerprint density at radius 3 is 2.79 bits per heavy atom. The normalized spacial score (nSPS) is 24.9. The summed E-state index contributed by atoms with van der Waals surface area (Å²) >= 11 is 0. The van der Waals surface area contributed by atoms with Gasteiger partial charge in [0.05, 0.1) is 4.92 Å². The summed E-state index contributed by atoms with van der Waals surface area (Å²) in [6.45, 7) is 4.37. The standard InChI is InChI=1S/C16H18N2O6/c1-16(2)15(23-9-19)14(17-7-3-4-13(17)20)11-8-10(18(21)22)5-6-12(11)24-16/h5-6,8-9,14-15H,3-4,7H2,1-2H3. The van der Waals surface area contributed by atoms with Crippen molar-refractivity contribution in [3.8, 4) is 5.75 Å². The van der Waals surface area contributed by atoms with E-state index in [1.54, 1.807) is 18.7 Å². The Morgan fingerprint density at radius 2 is 2.21 bits per heavy atom. The molecule has 2 unspecified atom stereocenters. The number of nitro benzene ring substituents is 1. The second kappa shape index (κ2) is 5.77. The highest BCUT2D eigenvalue weighted by molar-refractivity contribution is 5.79. The third-order valence-corrected chi connectivity index (χ3v) is 4.52. The van der Waals surface area contributed by atoms with Crippen molar-refractivity contribution < 1.29 is 24.0 Å². The molecule has 2 atom stereocenters. The van der Waals surface area contributed by atoms with Crippen molar-refractivity contribution in [3.63, 3.8) is 0 Å². The number of benzene rings is 1. The fourth-order valence-corrected chi connectivity index (χ4v) is 3.45. The molecule has 2 aliphatic heterocycles. The van der Waals surface area contributed by atoms with Gasteiger partial charge in [-0.05, 0) is 26.3 Å². The number of likely N-dealkylation sites (tertiary alicyclic amines) is 1. The first-order valence-corrected chi connectivity index (χ1v) is 7.71. The second-order valence-corrected chi connectivity index (χ2v) is 6.47. The monoisotopic (exact) mass is 334 g/mol. The lowest BCUT2D eigenvalue weighted by molar-refractivity contribution is -0.385. The number of carbonyl (C=O) groups excluding carboxylic acids is 2.